The van der Waals surface area contributed by atoms with Crippen molar-refractivity contribution in [3.8, 4) is 0 Å². The number of hydrogen-bond acceptors (Lipinski definition) is 3. The molecule has 0 N–H and O–H groups in total. The van der Waals surface area contributed by atoms with Crippen molar-refractivity contribution in [1.29, 1.82) is 0 Å². The fourth-order valence-electron chi connectivity index (χ4n) is 2.88. The van der Waals surface area contributed by atoms with Gasteiger partial charge >= 0.3 is 0 Å². The van der Waals surface area contributed by atoms with Gasteiger partial charge in [-0.25, -0.2) is 12.7 Å². The summed E-state index contributed by atoms with van der Waals surface area (Å²) in [5.74, 6) is -0.0478. The first-order chi connectivity index (χ1) is 10.7. The molecule has 0 bridgehead atoms. The van der Waals surface area contributed by atoms with Crippen molar-refractivity contribution in [2.45, 2.75) is 25.8 Å². The number of halogens is 1. The fourth-order valence-corrected chi connectivity index (χ4v) is 3.88. The Balaban J connectivity index is 1.99. The average Bonchev–Trinajstić information content (AvgIpc) is 2.53. The van der Waals surface area contributed by atoms with Gasteiger partial charge in [-0.3, -0.25) is 4.79 Å². The predicted octanol–water partition coefficient (Wildman–Crippen LogP) is 2.53. The maximum Gasteiger partial charge on any atom is 0.226 e. The molecule has 128 valence electrons. The summed E-state index contributed by atoms with van der Waals surface area (Å²) in [6.07, 6.45) is 2.36. The second kappa shape index (κ2) is 7.20. The van der Waals surface area contributed by atoms with Crippen molar-refractivity contribution in [3.63, 3.8) is 0 Å². The van der Waals surface area contributed by atoms with E-state index in [1.54, 1.807) is 11.9 Å². The van der Waals surface area contributed by atoms with Crippen molar-refractivity contribution in [2.24, 2.45) is 5.92 Å². The Labute approximate surface area is 143 Å². The van der Waals surface area contributed by atoms with Crippen molar-refractivity contribution >= 4 is 27.5 Å². The van der Waals surface area contributed by atoms with Crippen LogP contribution in [0.25, 0.3) is 0 Å². The minimum Gasteiger partial charge on any atom is -0.339 e. The molecule has 1 atom stereocenters. The third-order valence-electron chi connectivity index (χ3n) is 4.55. The van der Waals surface area contributed by atoms with Crippen LogP contribution in [0.15, 0.2) is 24.3 Å². The normalized spacial score (nSPS) is 18.6. The van der Waals surface area contributed by atoms with Crippen LogP contribution >= 0.6 is 11.6 Å². The number of nitrogens with zero attached hydrogens (tertiary/aromatic N) is 2. The van der Waals surface area contributed by atoms with Gasteiger partial charge in [0.2, 0.25) is 15.9 Å². The summed E-state index contributed by atoms with van der Waals surface area (Å²) in [7, 11) is -1.37. The number of carbonyl (C=O) groups is 1. The largest absolute Gasteiger partial charge is 0.339 e. The quantitative estimate of drug-likeness (QED) is 0.831. The molecular weight excluding hydrogens is 336 g/mol. The van der Waals surface area contributed by atoms with Crippen LogP contribution in [0.5, 0.6) is 0 Å². The molecule has 1 saturated heterocycles. The van der Waals surface area contributed by atoms with Crippen molar-refractivity contribution in [1.82, 2.24) is 9.21 Å². The molecule has 1 aromatic carbocycles. The molecule has 1 heterocycles. The minimum absolute atomic E-state index is 0.0484. The zero-order valence-corrected chi connectivity index (χ0v) is 15.3. The van der Waals surface area contributed by atoms with Crippen LogP contribution in [-0.2, 0) is 14.8 Å². The molecule has 0 radical (unpaired) electrons. The topological polar surface area (TPSA) is 57.7 Å². The maximum atomic E-state index is 12.7. The van der Waals surface area contributed by atoms with E-state index in [0.717, 1.165) is 5.56 Å². The number of carbonyl (C=O) groups excluding carboxylic acids is 1. The Morgan fingerprint density at radius 1 is 1.26 bits per heavy atom. The standard InChI is InChI=1S/C16H23ClN2O3S/c1-12(13-4-6-15(17)7-5-13)18(2)16(20)14-8-10-19(11-9-14)23(3,21)22/h4-7,12,14H,8-11H2,1-3H3. The highest BCUT2D eigenvalue weighted by Gasteiger charge is 2.31. The molecular formula is C16H23ClN2O3S. The monoisotopic (exact) mass is 358 g/mol. The SMILES string of the molecule is CC(c1ccc(Cl)cc1)N(C)C(=O)C1CCN(S(C)(=O)=O)CC1. The average molecular weight is 359 g/mol. The molecule has 0 aliphatic carbocycles. The summed E-state index contributed by atoms with van der Waals surface area (Å²) in [5, 5.41) is 0.670. The van der Waals surface area contributed by atoms with Gasteiger partial charge in [0.25, 0.3) is 0 Å². The zero-order chi connectivity index (χ0) is 17.2. The molecule has 0 saturated carbocycles. The van der Waals surface area contributed by atoms with Crippen LogP contribution in [-0.4, -0.2) is 49.9 Å². The van der Waals surface area contributed by atoms with Crippen LogP contribution in [0, 0.1) is 5.92 Å². The fraction of sp³-hybridized carbons (Fsp3) is 0.562. The van der Waals surface area contributed by atoms with E-state index in [1.807, 2.05) is 31.2 Å². The van der Waals surface area contributed by atoms with Gasteiger partial charge in [-0.1, -0.05) is 23.7 Å². The molecule has 1 aliphatic rings. The number of piperidine rings is 1. The molecule has 0 aromatic heterocycles. The van der Waals surface area contributed by atoms with Crippen LogP contribution < -0.4 is 0 Å². The number of amides is 1. The van der Waals surface area contributed by atoms with Crippen molar-refractivity contribution in [2.75, 3.05) is 26.4 Å². The number of sulfonamides is 1. The van der Waals surface area contributed by atoms with Gasteiger partial charge in [-0.05, 0) is 37.5 Å². The summed E-state index contributed by atoms with van der Waals surface area (Å²) in [6.45, 7) is 2.81. The highest BCUT2D eigenvalue weighted by Crippen LogP contribution is 2.26. The molecule has 7 heteroatoms. The Hall–Kier alpha value is -1.11. The first kappa shape index (κ1) is 18.2. The first-order valence-electron chi connectivity index (χ1n) is 7.67. The molecule has 1 aromatic rings. The molecule has 5 nitrogen and oxygen atoms in total. The lowest BCUT2D eigenvalue weighted by Crippen LogP contribution is -2.43. The van der Waals surface area contributed by atoms with E-state index in [1.165, 1.54) is 10.6 Å². The van der Waals surface area contributed by atoms with E-state index < -0.39 is 10.0 Å². The van der Waals surface area contributed by atoms with E-state index in [0.29, 0.717) is 31.0 Å². The third kappa shape index (κ3) is 4.46. The van der Waals surface area contributed by atoms with E-state index in [-0.39, 0.29) is 17.9 Å². The molecule has 0 spiro atoms. The lowest BCUT2D eigenvalue weighted by molar-refractivity contribution is -0.137. The van der Waals surface area contributed by atoms with Crippen LogP contribution in [0.1, 0.15) is 31.4 Å². The molecule has 1 aliphatic heterocycles. The number of hydrogen-bond donors (Lipinski definition) is 0. The van der Waals surface area contributed by atoms with Gasteiger partial charge in [-0.2, -0.15) is 0 Å². The molecule has 23 heavy (non-hydrogen) atoms. The summed E-state index contributed by atoms with van der Waals surface area (Å²) in [6, 6.07) is 7.42. The molecule has 2 rings (SSSR count). The van der Waals surface area contributed by atoms with Gasteiger partial charge in [0.15, 0.2) is 0 Å². The lowest BCUT2D eigenvalue weighted by atomic mass is 9.95. The van der Waals surface area contributed by atoms with E-state index in [9.17, 15) is 13.2 Å². The number of rotatable bonds is 4. The summed E-state index contributed by atoms with van der Waals surface area (Å²) in [4.78, 5) is 14.4. The molecule has 1 fully saturated rings. The zero-order valence-electron chi connectivity index (χ0n) is 13.7. The summed E-state index contributed by atoms with van der Waals surface area (Å²) in [5.41, 5.74) is 1.03. The molecule has 1 amide bonds. The first-order valence-corrected chi connectivity index (χ1v) is 9.90. The highest BCUT2D eigenvalue weighted by molar-refractivity contribution is 7.88. The smallest absolute Gasteiger partial charge is 0.226 e. The van der Waals surface area contributed by atoms with Crippen molar-refractivity contribution < 1.29 is 13.2 Å². The lowest BCUT2D eigenvalue weighted by Gasteiger charge is -2.34. The van der Waals surface area contributed by atoms with Gasteiger partial charge in [0.1, 0.15) is 0 Å². The second-order valence-electron chi connectivity index (χ2n) is 6.11. The van der Waals surface area contributed by atoms with Crippen LogP contribution in [0.2, 0.25) is 5.02 Å². The summed E-state index contributed by atoms with van der Waals surface area (Å²) < 4.78 is 24.5. The number of benzene rings is 1. The van der Waals surface area contributed by atoms with E-state index in [4.69, 9.17) is 11.6 Å². The second-order valence-corrected chi connectivity index (χ2v) is 8.53. The Morgan fingerprint density at radius 3 is 2.26 bits per heavy atom. The molecule has 1 unspecified atom stereocenters. The van der Waals surface area contributed by atoms with E-state index in [2.05, 4.69) is 0 Å². The maximum absolute atomic E-state index is 12.7. The predicted molar refractivity (Wildman–Crippen MR) is 91.8 cm³/mol. The minimum atomic E-state index is -3.16. The van der Waals surface area contributed by atoms with Crippen LogP contribution in [0.3, 0.4) is 0 Å². The third-order valence-corrected chi connectivity index (χ3v) is 6.11. The Kier molecular flexibility index (Phi) is 5.70. The Morgan fingerprint density at radius 2 is 1.78 bits per heavy atom. The summed E-state index contributed by atoms with van der Waals surface area (Å²) >= 11 is 5.90. The highest BCUT2D eigenvalue weighted by atomic mass is 35.5. The van der Waals surface area contributed by atoms with E-state index >= 15 is 0 Å². The van der Waals surface area contributed by atoms with Gasteiger partial charge in [0, 0.05) is 31.1 Å². The van der Waals surface area contributed by atoms with Crippen LogP contribution in [0.4, 0.5) is 0 Å². The Bertz CT molecular complexity index is 652. The van der Waals surface area contributed by atoms with Gasteiger partial charge < -0.3 is 4.90 Å². The van der Waals surface area contributed by atoms with Gasteiger partial charge in [-0.15, -0.1) is 0 Å². The van der Waals surface area contributed by atoms with Gasteiger partial charge in [0.05, 0.1) is 12.3 Å². The van der Waals surface area contributed by atoms with Crippen molar-refractivity contribution in [3.05, 3.63) is 34.9 Å².